The van der Waals surface area contributed by atoms with E-state index in [-0.39, 0.29) is 103 Å². The summed E-state index contributed by atoms with van der Waals surface area (Å²) in [6, 6.07) is -4.73. The van der Waals surface area contributed by atoms with Gasteiger partial charge in [-0.15, -0.1) is 0 Å². The maximum atomic E-state index is 13.1. The average molecular weight is 1850 g/mol. The first-order valence-electron chi connectivity index (χ1n) is 46.4. The number of carboxylic acid groups (broad SMARTS) is 2. The molecule has 0 bridgehead atoms. The fraction of sp³-hybridized carbons (Fsp3) is 0.772. The van der Waals surface area contributed by atoms with Crippen LogP contribution in [0.4, 0.5) is 24.0 Å². The van der Waals surface area contributed by atoms with Crippen molar-refractivity contribution in [1.82, 2.24) is 72.8 Å². The van der Waals surface area contributed by atoms with Crippen molar-refractivity contribution in [2.75, 3.05) is 86.7 Å². The fourth-order valence-electron chi connectivity index (χ4n) is 14.1. The zero-order chi connectivity index (χ0) is 99.4. The van der Waals surface area contributed by atoms with Crippen LogP contribution in [0, 0.1) is 30.6 Å². The summed E-state index contributed by atoms with van der Waals surface area (Å²) in [4.78, 5) is 197. The van der Waals surface area contributed by atoms with E-state index in [9.17, 15) is 76.7 Å². The van der Waals surface area contributed by atoms with E-state index in [4.69, 9.17) is 39.6 Å². The van der Waals surface area contributed by atoms with Crippen molar-refractivity contribution < 1.29 is 111 Å². The largest absolute Gasteiger partial charge is 0.481 e. The highest BCUT2D eigenvalue weighted by Crippen LogP contribution is 2.27. The van der Waals surface area contributed by atoms with E-state index in [0.29, 0.717) is 115 Å². The predicted octanol–water partition coefficient (Wildman–Crippen LogP) is 8.54. The molecule has 5 aliphatic heterocycles. The number of carboxylic acids is 2. The van der Waals surface area contributed by atoms with E-state index in [1.54, 1.807) is 115 Å². The van der Waals surface area contributed by atoms with Crippen LogP contribution in [0.1, 0.15) is 267 Å². The number of carbonyl (C=O) groups is 16. The summed E-state index contributed by atoms with van der Waals surface area (Å²) in [7, 11) is 5.25. The number of alkyl carbamates (subject to hydrolysis) is 2. The summed E-state index contributed by atoms with van der Waals surface area (Å²) in [5.74, 6) is -3.25. The van der Waals surface area contributed by atoms with Gasteiger partial charge in [-0.1, -0.05) is 79.2 Å². The number of rotatable bonds is 40. The number of Topliss-reactive ketones (excluding diaryl/α,β-unsaturated/α-hetero) is 3. The molecule has 0 aromatic carbocycles. The summed E-state index contributed by atoms with van der Waals surface area (Å²) < 4.78 is 25.4. The van der Waals surface area contributed by atoms with Crippen LogP contribution in [0.5, 0.6) is 0 Å². The third-order valence-electron chi connectivity index (χ3n) is 20.9. The van der Waals surface area contributed by atoms with Crippen molar-refractivity contribution in [2.45, 2.75) is 350 Å². The van der Waals surface area contributed by atoms with Crippen LogP contribution in [0.15, 0.2) is 24.3 Å². The Morgan fingerprint density at radius 1 is 0.462 bits per heavy atom. The third kappa shape index (κ3) is 49.0. The second kappa shape index (κ2) is 63.4. The summed E-state index contributed by atoms with van der Waals surface area (Å²) in [5, 5.41) is 45.7. The van der Waals surface area contributed by atoms with Crippen molar-refractivity contribution in [3.8, 4) is 0 Å². The molecule has 11 amide bonds. The number of nitrogens with one attached hydrogen (secondary N) is 10. The van der Waals surface area contributed by atoms with Crippen molar-refractivity contribution in [3.05, 3.63) is 31.2 Å². The van der Waals surface area contributed by atoms with Gasteiger partial charge in [-0.05, 0) is 219 Å². The van der Waals surface area contributed by atoms with Crippen LogP contribution in [0.2, 0.25) is 0 Å². The molecule has 5 saturated heterocycles. The van der Waals surface area contributed by atoms with E-state index in [0.717, 1.165) is 64.3 Å². The lowest BCUT2D eigenvalue weighted by molar-refractivity contribution is -0.142. The molecule has 5 heterocycles. The Labute approximate surface area is 772 Å². The number of hydrogen-bond donors (Lipinski definition) is 13. The summed E-state index contributed by atoms with van der Waals surface area (Å²) >= 11 is 0. The maximum absolute atomic E-state index is 13.1. The zero-order valence-electron chi connectivity index (χ0n) is 82.2. The van der Waals surface area contributed by atoms with E-state index in [2.05, 4.69) is 73.9 Å². The Hall–Kier alpha value is -9.69. The average Bonchev–Trinajstić information content (AvgIpc) is 1.68. The van der Waals surface area contributed by atoms with Crippen LogP contribution >= 0.6 is 0 Å². The molecule has 0 aliphatic carbocycles. The maximum Gasteiger partial charge on any atom is 0.411 e. The van der Waals surface area contributed by atoms with Crippen molar-refractivity contribution in [2.24, 2.45) is 29.4 Å². The van der Waals surface area contributed by atoms with Gasteiger partial charge in [0.1, 0.15) is 47.0 Å². The molecule has 5 fully saturated rings. The Morgan fingerprint density at radius 3 is 1.17 bits per heavy atom. The van der Waals surface area contributed by atoms with Crippen molar-refractivity contribution >= 4 is 95.2 Å². The number of carbonyl (C=O) groups excluding carboxylic acids is 14. The molecular weight excluding hydrogens is 1680 g/mol. The highest BCUT2D eigenvalue weighted by molar-refractivity contribution is 5.95. The van der Waals surface area contributed by atoms with Gasteiger partial charge in [0.15, 0.2) is 17.3 Å². The molecule has 0 aromatic rings. The molecule has 744 valence electrons. The molecule has 38 nitrogen and oxygen atoms in total. The Morgan fingerprint density at radius 2 is 0.823 bits per heavy atom. The predicted molar refractivity (Wildman–Crippen MR) is 495 cm³/mol. The van der Waals surface area contributed by atoms with Gasteiger partial charge in [0, 0.05) is 84.1 Å². The SMILES string of the molecule is CC(C)(C)OC(=O)N1CCCC1C(=O)O.CCC(=O)[C@H](CCN)NC(=O)C1CCCN1C(=O)OC(C)(C)C.CCC[C@H](NC(=O)C1CCCN1C(=O)OC(C)(C)C)C(=O)CC.CCOC(=O)NCCC(NC(=O)C1CCCN1C(=O)[C@@H](C)/C=C/[C@H](CC(C)C)NC)C(=O)NC.CCOC(=O)NCC[C@H](NC(=O)C1CCCN1)C(=O)CC.[CH2+]C(C)C[C@@H](/C=C/[C@H](C)C(=O)O)NC. The molecule has 38 heteroatoms. The highest BCUT2D eigenvalue weighted by Gasteiger charge is 2.42. The summed E-state index contributed by atoms with van der Waals surface area (Å²) in [5.41, 5.74) is 3.72. The lowest BCUT2D eigenvalue weighted by atomic mass is 10.0. The van der Waals surface area contributed by atoms with Crippen LogP contribution in [0.3, 0.4) is 0 Å². The highest BCUT2D eigenvalue weighted by atomic mass is 16.6. The van der Waals surface area contributed by atoms with E-state index in [1.807, 2.05) is 53.1 Å². The number of ether oxygens (including phenoxy) is 5. The number of aliphatic carboxylic acids is 2. The molecular formula is C92H164N15O23+. The molecule has 0 spiro atoms. The number of likely N-dealkylation sites (tertiary alicyclic amines) is 4. The lowest BCUT2D eigenvalue weighted by Crippen LogP contribution is -2.54. The molecule has 0 radical (unpaired) electrons. The molecule has 0 saturated carbocycles. The summed E-state index contributed by atoms with van der Waals surface area (Å²) in [6.45, 7) is 44.6. The Balaban J connectivity index is 0.00000157. The second-order valence-electron chi connectivity index (χ2n) is 36.2. The van der Waals surface area contributed by atoms with Crippen molar-refractivity contribution in [3.63, 3.8) is 0 Å². The molecule has 14 N–H and O–H groups in total. The first-order valence-corrected chi connectivity index (χ1v) is 46.4. The molecule has 14 atom stereocenters. The molecule has 0 aromatic heterocycles. The smallest absolute Gasteiger partial charge is 0.411 e. The Bertz CT molecular complexity index is 3490. The Kier molecular flexibility index (Phi) is 58.7. The molecule has 7 unspecified atom stereocenters. The first kappa shape index (κ1) is 120. The van der Waals surface area contributed by atoms with E-state index >= 15 is 0 Å². The first-order chi connectivity index (χ1) is 60.9. The van der Waals surface area contributed by atoms with E-state index in [1.165, 1.54) is 21.7 Å². The minimum Gasteiger partial charge on any atom is -0.481 e. The number of ketones is 3. The number of hydrogen-bond acceptors (Lipinski definition) is 25. The van der Waals surface area contributed by atoms with Gasteiger partial charge in [-0.2, -0.15) is 0 Å². The monoisotopic (exact) mass is 1850 g/mol. The minimum absolute atomic E-state index is 0.0296. The minimum atomic E-state index is -0.960. The number of likely N-dealkylation sites (N-methyl/N-ethyl adjacent to an activating group) is 3. The standard InChI is InChI=1S/C24H43N5O5.C17H30N2O4.C16H29N3O4.C14H25N3O4.C11H19NO2.C10H17NO4/c1-7-34-24(33)27-13-12-19(21(30)26-6)28-22(31)20-9-8-14-29(20)23(32)17(4)10-11-18(25-5)15-16(2)3;1-6-9-12(14(20)7-2)18-15(21)13-10-8-11-19(13)16(22)23-17(3,4)5;1-5-13(20)11(8-9-17)18-14(21)12-7-6-10-19(12)15(22)23-16(2,3)4;1-3-12(18)10(7-9-16-14(20)21-4-2)17-13(19)11-6-5-8-15-11;1-8(2)7-10(12-4)6-5-9(3)11(13)14;1-10(2,3)15-9(14)11-6-4-5-7(11)8(12)13/h10-11,16-20,25H,7-9,12-15H2,1-6H3,(H,26,30)(H,27,33)(H,28,31);12-13H,6-11H2,1-5H3,(H,18,21);11-12H,5-10,17H2,1-4H3,(H,18,21);10-11,15H,3-9H2,1-2H3,(H,16,20)(H,17,19);5-6,8-10,12H,1,7H2,2-4H3;7H,4-6H2,1-3H3,(H,12,13)/p+1/b11-10+;;;;6-5+;/t17-,18+,19?,20?;12-,13?;11-,12?;10-,11?;8?,9-,10+;/m00000./s1. The molecule has 5 aliphatic rings. The van der Waals surface area contributed by atoms with Crippen LogP contribution in [0.25, 0.3) is 0 Å². The normalized spacial score (nSPS) is 19.1. The van der Waals surface area contributed by atoms with Gasteiger partial charge >= 0.3 is 42.4 Å². The van der Waals surface area contributed by atoms with Gasteiger partial charge in [0.2, 0.25) is 35.4 Å². The quantitative estimate of drug-likeness (QED) is 0.0155. The number of nitrogens with two attached hydrogens (primary N) is 1. The molecule has 5 rings (SSSR count). The number of amides is 11. The van der Waals surface area contributed by atoms with Crippen LogP contribution in [-0.2, 0) is 76.4 Å². The second-order valence-corrected chi connectivity index (χ2v) is 36.2. The zero-order valence-corrected chi connectivity index (χ0v) is 82.2. The van der Waals surface area contributed by atoms with Crippen LogP contribution in [-0.4, -0.2) is 295 Å². The van der Waals surface area contributed by atoms with Gasteiger partial charge in [0.25, 0.3) is 0 Å². The van der Waals surface area contributed by atoms with Gasteiger partial charge in [-0.25, -0.2) is 28.8 Å². The number of nitrogens with zero attached hydrogens (tertiary/aromatic N) is 4. The third-order valence-corrected chi connectivity index (χ3v) is 20.9. The lowest BCUT2D eigenvalue weighted by Gasteiger charge is -2.29. The topological polar surface area (TPSA) is 519 Å². The molecule has 130 heavy (non-hydrogen) atoms. The van der Waals surface area contributed by atoms with Gasteiger partial charge in [0.05, 0.1) is 62.1 Å². The summed E-state index contributed by atoms with van der Waals surface area (Å²) in [6.07, 6.45) is 17.2. The van der Waals surface area contributed by atoms with Gasteiger partial charge < -0.3 is 97.7 Å². The van der Waals surface area contributed by atoms with Crippen LogP contribution < -0.4 is 58.9 Å². The van der Waals surface area contributed by atoms with Crippen molar-refractivity contribution in [1.29, 1.82) is 0 Å². The van der Waals surface area contributed by atoms with E-state index < -0.39 is 113 Å². The van der Waals surface area contributed by atoms with Gasteiger partial charge in [-0.3, -0.25) is 62.6 Å². The fourth-order valence-corrected chi connectivity index (χ4v) is 14.1.